The van der Waals surface area contributed by atoms with Gasteiger partial charge in [0.25, 0.3) is 0 Å². The third-order valence-corrected chi connectivity index (χ3v) is 10.4. The zero-order valence-corrected chi connectivity index (χ0v) is 29.0. The molecule has 2 N–H and O–H groups in total. The molecule has 0 saturated carbocycles. The first-order chi connectivity index (χ1) is 24.2. The summed E-state index contributed by atoms with van der Waals surface area (Å²) in [5, 5.41) is 7.12. The summed E-state index contributed by atoms with van der Waals surface area (Å²) in [5.41, 5.74) is 5.13. The molecule has 3 saturated heterocycles. The molecular weight excluding hydrogens is 687 g/mol. The van der Waals surface area contributed by atoms with Gasteiger partial charge in [0.05, 0.1) is 28.5 Å². The van der Waals surface area contributed by atoms with Gasteiger partial charge < -0.3 is 24.8 Å². The van der Waals surface area contributed by atoms with Crippen LogP contribution >= 0.6 is 23.2 Å². The van der Waals surface area contributed by atoms with Gasteiger partial charge in [0.1, 0.15) is 5.75 Å². The van der Waals surface area contributed by atoms with Gasteiger partial charge in [0, 0.05) is 103 Å². The molecule has 2 aromatic carbocycles. The minimum Gasteiger partial charge on any atom is -0.481 e. The Morgan fingerprint density at radius 3 is 2.54 bits per heavy atom. The summed E-state index contributed by atoms with van der Waals surface area (Å²) in [7, 11) is 1.59. The van der Waals surface area contributed by atoms with Crippen LogP contribution in [-0.4, -0.2) is 73.4 Å². The highest BCUT2D eigenvalue weighted by atomic mass is 35.5. The van der Waals surface area contributed by atoms with Gasteiger partial charge in [-0.05, 0) is 31.0 Å². The van der Waals surface area contributed by atoms with Crippen molar-refractivity contribution >= 4 is 29.1 Å². The Balaban J connectivity index is 1.13. The lowest BCUT2D eigenvalue weighted by molar-refractivity contribution is -0.120. The number of alkyl halides is 2. The number of aromatic nitrogens is 2. The largest absolute Gasteiger partial charge is 0.481 e. The van der Waals surface area contributed by atoms with E-state index in [0.29, 0.717) is 87.9 Å². The summed E-state index contributed by atoms with van der Waals surface area (Å²) in [5.74, 6) is 0.680. The minimum absolute atomic E-state index is 0.0350. The van der Waals surface area contributed by atoms with E-state index < -0.39 is 6.61 Å². The summed E-state index contributed by atoms with van der Waals surface area (Å²) in [6.45, 7) is 1.80. The standard InChI is InChI=1S/C37H37Cl2F2N5O4/c1-48-35-24(18-46-20-37(21-46)16-31(47)44-19-37)7-8-29(45-35)28-4-2-3-26(32(28)38)27-9-12-42-34(33(27)39)22-5-6-23(30(15-22)50-36(40)41)17-43-25-10-13-49-14-11-25/h2-9,12,15,25,36,43H,10-11,13-14,16-21H2,1H3,(H,44,47). The molecule has 7 rings (SSSR count). The number of hydrogen-bond acceptors (Lipinski definition) is 8. The zero-order chi connectivity index (χ0) is 34.8. The third-order valence-electron chi connectivity index (χ3n) is 9.65. The van der Waals surface area contributed by atoms with E-state index in [1.54, 1.807) is 37.6 Å². The summed E-state index contributed by atoms with van der Waals surface area (Å²) < 4.78 is 43.0. The Morgan fingerprint density at radius 2 is 1.80 bits per heavy atom. The second-order valence-electron chi connectivity index (χ2n) is 13.1. The Labute approximate surface area is 299 Å². The first-order valence-corrected chi connectivity index (χ1v) is 17.3. The molecular formula is C37H37Cl2F2N5O4. The number of nitrogens with one attached hydrogen (secondary N) is 2. The monoisotopic (exact) mass is 723 g/mol. The van der Waals surface area contributed by atoms with Crippen LogP contribution in [0.2, 0.25) is 10.0 Å². The van der Waals surface area contributed by atoms with Crippen LogP contribution in [0.3, 0.4) is 0 Å². The van der Waals surface area contributed by atoms with Gasteiger partial charge in [-0.2, -0.15) is 8.78 Å². The molecule has 0 bridgehead atoms. The molecule has 3 fully saturated rings. The molecule has 9 nitrogen and oxygen atoms in total. The van der Waals surface area contributed by atoms with Gasteiger partial charge in [-0.15, -0.1) is 0 Å². The third kappa shape index (κ3) is 7.29. The number of rotatable bonds is 11. The van der Waals surface area contributed by atoms with Crippen molar-refractivity contribution < 1.29 is 27.8 Å². The highest BCUT2D eigenvalue weighted by Gasteiger charge is 2.48. The Bertz CT molecular complexity index is 1890. The number of carbonyl (C=O) groups is 1. The first-order valence-electron chi connectivity index (χ1n) is 16.6. The number of amides is 1. The van der Waals surface area contributed by atoms with Crippen molar-refractivity contribution in [3.8, 4) is 45.3 Å². The van der Waals surface area contributed by atoms with Crippen molar-refractivity contribution in [1.82, 2.24) is 25.5 Å². The van der Waals surface area contributed by atoms with Gasteiger partial charge in [-0.25, -0.2) is 4.98 Å². The molecule has 3 aliphatic rings. The van der Waals surface area contributed by atoms with Gasteiger partial charge >= 0.3 is 6.61 Å². The number of methoxy groups -OCH3 is 1. The fraction of sp³-hybridized carbons (Fsp3) is 0.378. The van der Waals surface area contributed by atoms with E-state index in [-0.39, 0.29) is 23.1 Å². The molecule has 5 heterocycles. The number of nitrogens with zero attached hydrogens (tertiary/aromatic N) is 3. The first kappa shape index (κ1) is 34.6. The van der Waals surface area contributed by atoms with Crippen molar-refractivity contribution in [3.63, 3.8) is 0 Å². The Morgan fingerprint density at radius 1 is 1.04 bits per heavy atom. The Hall–Kier alpha value is -3.87. The molecule has 0 unspecified atom stereocenters. The lowest BCUT2D eigenvalue weighted by Crippen LogP contribution is -2.56. The number of carbonyl (C=O) groups excluding carboxylic acids is 1. The van der Waals surface area contributed by atoms with Crippen LogP contribution in [0.1, 0.15) is 30.4 Å². The maximum absolute atomic E-state index is 13.5. The van der Waals surface area contributed by atoms with Gasteiger partial charge in [0.2, 0.25) is 11.8 Å². The molecule has 1 amide bonds. The van der Waals surface area contributed by atoms with Crippen LogP contribution in [0.5, 0.6) is 11.6 Å². The van der Waals surface area contributed by atoms with Crippen LogP contribution in [0.15, 0.2) is 60.8 Å². The van der Waals surface area contributed by atoms with E-state index in [1.807, 2.05) is 30.3 Å². The quantitative estimate of drug-likeness (QED) is 0.171. The minimum atomic E-state index is -2.99. The predicted octanol–water partition coefficient (Wildman–Crippen LogP) is 6.98. The fourth-order valence-corrected chi connectivity index (χ4v) is 7.79. The van der Waals surface area contributed by atoms with Crippen molar-refractivity contribution in [2.75, 3.05) is 40.0 Å². The Kier molecular flexibility index (Phi) is 10.2. The van der Waals surface area contributed by atoms with Gasteiger partial charge in [0.15, 0.2) is 0 Å². The van der Waals surface area contributed by atoms with E-state index in [9.17, 15) is 13.6 Å². The van der Waals surface area contributed by atoms with Crippen LogP contribution < -0.4 is 20.1 Å². The number of hydrogen-bond donors (Lipinski definition) is 2. The molecule has 262 valence electrons. The van der Waals surface area contributed by atoms with Crippen LogP contribution in [-0.2, 0) is 22.6 Å². The maximum atomic E-state index is 13.5. The number of ether oxygens (including phenoxy) is 3. The van der Waals surface area contributed by atoms with Crippen molar-refractivity contribution in [2.45, 2.75) is 45.0 Å². The average Bonchev–Trinajstić information content (AvgIpc) is 3.50. The van der Waals surface area contributed by atoms with Crippen molar-refractivity contribution in [1.29, 1.82) is 0 Å². The summed E-state index contributed by atoms with van der Waals surface area (Å²) in [4.78, 5) is 23.3. The van der Waals surface area contributed by atoms with Crippen LogP contribution in [0, 0.1) is 5.41 Å². The second kappa shape index (κ2) is 14.8. The molecule has 1 spiro atoms. The summed E-state index contributed by atoms with van der Waals surface area (Å²) in [6, 6.07) is 16.6. The smallest absolute Gasteiger partial charge is 0.387 e. The molecule has 2 aromatic heterocycles. The van der Waals surface area contributed by atoms with Crippen molar-refractivity contribution in [2.24, 2.45) is 5.41 Å². The number of pyridine rings is 2. The molecule has 0 radical (unpaired) electrons. The molecule has 0 aliphatic carbocycles. The van der Waals surface area contributed by atoms with E-state index in [0.717, 1.165) is 38.0 Å². The normalized spacial score (nSPS) is 17.6. The fourth-order valence-electron chi connectivity index (χ4n) is 7.15. The lowest BCUT2D eigenvalue weighted by Gasteiger charge is -2.47. The van der Waals surface area contributed by atoms with E-state index in [4.69, 9.17) is 42.4 Å². The van der Waals surface area contributed by atoms with Crippen LogP contribution in [0.25, 0.3) is 33.6 Å². The molecule has 0 atom stereocenters. The van der Waals surface area contributed by atoms with E-state index in [2.05, 4.69) is 20.5 Å². The lowest BCUT2D eigenvalue weighted by atomic mass is 9.79. The maximum Gasteiger partial charge on any atom is 0.387 e. The molecule has 50 heavy (non-hydrogen) atoms. The van der Waals surface area contributed by atoms with Gasteiger partial charge in [-0.1, -0.05) is 59.6 Å². The zero-order valence-electron chi connectivity index (χ0n) is 27.5. The molecule has 4 aromatic rings. The summed E-state index contributed by atoms with van der Waals surface area (Å²) >= 11 is 14.1. The number of benzene rings is 2. The number of halogens is 4. The topological polar surface area (TPSA) is 97.8 Å². The molecule has 13 heteroatoms. The number of likely N-dealkylation sites (tertiary alicyclic amines) is 1. The van der Waals surface area contributed by atoms with E-state index in [1.165, 1.54) is 0 Å². The van der Waals surface area contributed by atoms with E-state index >= 15 is 0 Å². The summed E-state index contributed by atoms with van der Waals surface area (Å²) in [6.07, 6.45) is 3.90. The second-order valence-corrected chi connectivity index (χ2v) is 13.9. The molecule has 3 aliphatic heterocycles. The van der Waals surface area contributed by atoms with Gasteiger partial charge in [-0.3, -0.25) is 14.7 Å². The SMILES string of the molecule is COc1nc(-c2cccc(-c3ccnc(-c4ccc(CNC5CCOCC5)c(OC(F)F)c4)c3Cl)c2Cl)ccc1CN1CC2(CNC(=O)C2)C1. The highest BCUT2D eigenvalue weighted by molar-refractivity contribution is 6.39. The predicted molar refractivity (Wildman–Crippen MR) is 188 cm³/mol. The van der Waals surface area contributed by atoms with Crippen LogP contribution in [0.4, 0.5) is 8.78 Å². The van der Waals surface area contributed by atoms with Crippen molar-refractivity contribution in [3.05, 3.63) is 82.0 Å². The average molecular weight is 725 g/mol. The highest BCUT2D eigenvalue weighted by Crippen LogP contribution is 2.43.